The molecule has 1 N–H and O–H groups in total. The van der Waals surface area contributed by atoms with Gasteiger partial charge in [-0.05, 0) is 31.2 Å². The standard InChI is InChI=1S/C14H10BrCl3O2/c1-7(19)9-4-8(15)2-3-13(9)20-14-6-11(17)10(16)5-12(14)18/h2-7,19H,1H3. The number of ether oxygens (including phenoxy) is 1. The van der Waals surface area contributed by atoms with Gasteiger partial charge >= 0.3 is 0 Å². The number of rotatable bonds is 3. The van der Waals surface area contributed by atoms with Gasteiger partial charge in [0, 0.05) is 16.1 Å². The van der Waals surface area contributed by atoms with Crippen LogP contribution in [0.3, 0.4) is 0 Å². The molecule has 0 saturated carbocycles. The lowest BCUT2D eigenvalue weighted by Crippen LogP contribution is -1.96. The highest BCUT2D eigenvalue weighted by Gasteiger charge is 2.13. The summed E-state index contributed by atoms with van der Waals surface area (Å²) < 4.78 is 6.58. The van der Waals surface area contributed by atoms with Crippen molar-refractivity contribution >= 4 is 50.7 Å². The van der Waals surface area contributed by atoms with Crippen LogP contribution < -0.4 is 4.74 Å². The van der Waals surface area contributed by atoms with Gasteiger partial charge in [0.1, 0.15) is 11.5 Å². The highest BCUT2D eigenvalue weighted by Crippen LogP contribution is 2.38. The minimum atomic E-state index is -0.677. The van der Waals surface area contributed by atoms with Crippen LogP contribution in [0.15, 0.2) is 34.8 Å². The molecule has 6 heteroatoms. The Morgan fingerprint density at radius 2 is 1.65 bits per heavy atom. The van der Waals surface area contributed by atoms with E-state index in [9.17, 15) is 5.11 Å². The summed E-state index contributed by atoms with van der Waals surface area (Å²) in [5.41, 5.74) is 0.640. The lowest BCUT2D eigenvalue weighted by atomic mass is 10.1. The van der Waals surface area contributed by atoms with E-state index in [0.717, 1.165) is 4.47 Å². The van der Waals surface area contributed by atoms with Crippen LogP contribution in [-0.2, 0) is 0 Å². The van der Waals surface area contributed by atoms with Crippen molar-refractivity contribution in [3.05, 3.63) is 55.4 Å². The molecule has 20 heavy (non-hydrogen) atoms. The van der Waals surface area contributed by atoms with E-state index in [1.54, 1.807) is 25.1 Å². The average Bonchev–Trinajstić information content (AvgIpc) is 2.37. The summed E-state index contributed by atoms with van der Waals surface area (Å²) in [7, 11) is 0. The van der Waals surface area contributed by atoms with Crippen molar-refractivity contribution in [2.75, 3.05) is 0 Å². The molecule has 0 aliphatic rings. The fraction of sp³-hybridized carbons (Fsp3) is 0.143. The summed E-state index contributed by atoms with van der Waals surface area (Å²) in [5.74, 6) is 0.883. The fourth-order valence-electron chi connectivity index (χ4n) is 1.64. The molecule has 1 atom stereocenters. The molecule has 2 aromatic rings. The van der Waals surface area contributed by atoms with Crippen LogP contribution >= 0.6 is 50.7 Å². The first kappa shape index (κ1) is 15.9. The summed E-state index contributed by atoms with van der Waals surface area (Å²) in [6.45, 7) is 1.66. The molecule has 0 aliphatic carbocycles. The van der Waals surface area contributed by atoms with Crippen molar-refractivity contribution in [3.63, 3.8) is 0 Å². The Morgan fingerprint density at radius 3 is 2.30 bits per heavy atom. The monoisotopic (exact) mass is 394 g/mol. The van der Waals surface area contributed by atoms with E-state index in [-0.39, 0.29) is 0 Å². The molecule has 0 radical (unpaired) electrons. The molecular weight excluding hydrogens is 386 g/mol. The molecule has 0 heterocycles. The summed E-state index contributed by atoms with van der Waals surface area (Å²) in [5, 5.41) is 10.8. The highest BCUT2D eigenvalue weighted by molar-refractivity contribution is 9.10. The van der Waals surface area contributed by atoms with Gasteiger partial charge in [0.05, 0.1) is 21.2 Å². The van der Waals surface area contributed by atoms with Crippen molar-refractivity contribution in [1.82, 2.24) is 0 Å². The molecule has 0 spiro atoms. The average molecular weight is 396 g/mol. The number of hydrogen-bond donors (Lipinski definition) is 1. The topological polar surface area (TPSA) is 29.5 Å². The van der Waals surface area contributed by atoms with E-state index in [4.69, 9.17) is 39.5 Å². The zero-order chi connectivity index (χ0) is 14.9. The quantitative estimate of drug-likeness (QED) is 0.621. The van der Waals surface area contributed by atoms with Crippen LogP contribution in [0.1, 0.15) is 18.6 Å². The van der Waals surface area contributed by atoms with E-state index < -0.39 is 6.10 Å². The SMILES string of the molecule is CC(O)c1cc(Br)ccc1Oc1cc(Cl)c(Cl)cc1Cl. The molecule has 0 fully saturated rings. The van der Waals surface area contributed by atoms with E-state index in [1.165, 1.54) is 6.07 Å². The number of aliphatic hydroxyl groups is 1. The van der Waals surface area contributed by atoms with Gasteiger partial charge in [-0.1, -0.05) is 50.7 Å². The zero-order valence-electron chi connectivity index (χ0n) is 10.3. The van der Waals surface area contributed by atoms with E-state index in [1.807, 2.05) is 6.07 Å². The third-order valence-electron chi connectivity index (χ3n) is 2.62. The van der Waals surface area contributed by atoms with E-state index in [0.29, 0.717) is 32.1 Å². The first-order valence-electron chi connectivity index (χ1n) is 5.68. The van der Waals surface area contributed by atoms with Gasteiger partial charge in [-0.25, -0.2) is 0 Å². The van der Waals surface area contributed by atoms with Crippen molar-refractivity contribution in [2.45, 2.75) is 13.0 Å². The van der Waals surface area contributed by atoms with Crippen LogP contribution in [0, 0.1) is 0 Å². The van der Waals surface area contributed by atoms with Gasteiger partial charge in [-0.15, -0.1) is 0 Å². The first-order valence-corrected chi connectivity index (χ1v) is 7.61. The molecule has 2 nitrogen and oxygen atoms in total. The third-order valence-corrected chi connectivity index (χ3v) is 4.13. The maximum Gasteiger partial charge on any atom is 0.147 e. The van der Waals surface area contributed by atoms with Gasteiger partial charge in [-0.2, -0.15) is 0 Å². The second-order valence-electron chi connectivity index (χ2n) is 4.16. The summed E-state index contributed by atoms with van der Waals surface area (Å²) in [6, 6.07) is 8.39. The maximum atomic E-state index is 9.79. The van der Waals surface area contributed by atoms with Crippen LogP contribution in [0.5, 0.6) is 11.5 Å². The second kappa shape index (κ2) is 6.54. The summed E-state index contributed by atoms with van der Waals surface area (Å²) in [6.07, 6.45) is -0.677. The Hall–Kier alpha value is -0.450. The van der Waals surface area contributed by atoms with Gasteiger partial charge in [0.15, 0.2) is 0 Å². The van der Waals surface area contributed by atoms with Crippen molar-refractivity contribution in [2.24, 2.45) is 0 Å². The number of aliphatic hydroxyl groups excluding tert-OH is 1. The van der Waals surface area contributed by atoms with Crippen molar-refractivity contribution < 1.29 is 9.84 Å². The lowest BCUT2D eigenvalue weighted by Gasteiger charge is -2.15. The number of hydrogen-bond acceptors (Lipinski definition) is 2. The normalized spacial score (nSPS) is 12.3. The van der Waals surface area contributed by atoms with Gasteiger partial charge < -0.3 is 9.84 Å². The Labute approximate surface area is 140 Å². The molecule has 0 bridgehead atoms. The largest absolute Gasteiger partial charge is 0.455 e. The molecule has 0 aliphatic heterocycles. The molecular formula is C14H10BrCl3O2. The predicted octanol–water partition coefficient (Wildman–Crippen LogP) is 6.25. The predicted molar refractivity (Wildman–Crippen MR) is 86.3 cm³/mol. The second-order valence-corrected chi connectivity index (χ2v) is 6.29. The van der Waals surface area contributed by atoms with Crippen molar-refractivity contribution in [1.29, 1.82) is 0 Å². The molecule has 0 aromatic heterocycles. The minimum Gasteiger partial charge on any atom is -0.455 e. The first-order chi connectivity index (χ1) is 9.38. The van der Waals surface area contributed by atoms with Gasteiger partial charge in [-0.3, -0.25) is 0 Å². The third kappa shape index (κ3) is 3.60. The number of halogens is 4. The van der Waals surface area contributed by atoms with Crippen LogP contribution in [0.25, 0.3) is 0 Å². The maximum absolute atomic E-state index is 9.79. The van der Waals surface area contributed by atoms with Crippen LogP contribution in [0.4, 0.5) is 0 Å². The van der Waals surface area contributed by atoms with Crippen molar-refractivity contribution in [3.8, 4) is 11.5 Å². The Balaban J connectivity index is 2.42. The summed E-state index contributed by atoms with van der Waals surface area (Å²) >= 11 is 21.3. The minimum absolute atomic E-state index is 0.346. The van der Waals surface area contributed by atoms with E-state index >= 15 is 0 Å². The van der Waals surface area contributed by atoms with Gasteiger partial charge in [0.2, 0.25) is 0 Å². The Kier molecular flexibility index (Phi) is 5.21. The Morgan fingerprint density at radius 1 is 1.00 bits per heavy atom. The van der Waals surface area contributed by atoms with E-state index in [2.05, 4.69) is 15.9 Å². The lowest BCUT2D eigenvalue weighted by molar-refractivity contribution is 0.195. The molecule has 106 valence electrons. The summed E-state index contributed by atoms with van der Waals surface area (Å²) in [4.78, 5) is 0. The molecule has 2 aromatic carbocycles. The Bertz CT molecular complexity index is 645. The molecule has 0 amide bonds. The molecule has 1 unspecified atom stereocenters. The highest BCUT2D eigenvalue weighted by atomic mass is 79.9. The molecule has 0 saturated heterocycles. The smallest absolute Gasteiger partial charge is 0.147 e. The van der Waals surface area contributed by atoms with Crippen LogP contribution in [0.2, 0.25) is 15.1 Å². The molecule has 2 rings (SSSR count). The van der Waals surface area contributed by atoms with Crippen LogP contribution in [-0.4, -0.2) is 5.11 Å². The zero-order valence-corrected chi connectivity index (χ0v) is 14.2. The fourth-order valence-corrected chi connectivity index (χ4v) is 2.59. The van der Waals surface area contributed by atoms with Gasteiger partial charge in [0.25, 0.3) is 0 Å². The number of benzene rings is 2.